The van der Waals surface area contributed by atoms with Gasteiger partial charge in [0.1, 0.15) is 0 Å². The summed E-state index contributed by atoms with van der Waals surface area (Å²) in [5.41, 5.74) is 0.879. The van der Waals surface area contributed by atoms with E-state index < -0.39 is 17.8 Å². The van der Waals surface area contributed by atoms with Crippen LogP contribution in [0.2, 0.25) is 0 Å². The third kappa shape index (κ3) is 2.01. The molecular weight excluding hydrogens is 258 g/mol. The smallest absolute Gasteiger partial charge is 0.307 e. The Labute approximate surface area is 116 Å². The summed E-state index contributed by atoms with van der Waals surface area (Å²) in [5, 5.41) is 18.8. The van der Waals surface area contributed by atoms with Crippen molar-refractivity contribution in [2.75, 3.05) is 0 Å². The maximum Gasteiger partial charge on any atom is 0.307 e. The van der Waals surface area contributed by atoms with E-state index in [1.165, 1.54) is 0 Å². The molecule has 2 aliphatic carbocycles. The van der Waals surface area contributed by atoms with Gasteiger partial charge in [-0.2, -0.15) is 5.10 Å². The fourth-order valence-electron chi connectivity index (χ4n) is 3.41. The van der Waals surface area contributed by atoms with Crippen molar-refractivity contribution in [2.45, 2.75) is 19.4 Å². The Bertz CT molecular complexity index is 552. The number of aliphatic carboxylic acids is 1. The summed E-state index contributed by atoms with van der Waals surface area (Å²) in [7, 11) is 0. The second-order valence-corrected chi connectivity index (χ2v) is 5.60. The highest BCUT2D eigenvalue weighted by Gasteiger charge is 2.51. The molecule has 0 aromatic carbocycles. The Morgan fingerprint density at radius 2 is 2.10 bits per heavy atom. The number of carboxylic acid groups (broad SMARTS) is 1. The van der Waals surface area contributed by atoms with Crippen LogP contribution in [0.5, 0.6) is 0 Å². The average molecular weight is 275 g/mol. The molecule has 0 aliphatic heterocycles. The second kappa shape index (κ2) is 4.77. The van der Waals surface area contributed by atoms with Crippen LogP contribution >= 0.6 is 0 Å². The number of nitrogens with one attached hydrogen (secondary N) is 2. The predicted octanol–water partition coefficient (Wildman–Crippen LogP) is 1.11. The lowest BCUT2D eigenvalue weighted by Gasteiger charge is -2.25. The molecule has 5 unspecified atom stereocenters. The van der Waals surface area contributed by atoms with Gasteiger partial charge in [-0.3, -0.25) is 14.7 Å². The molecule has 1 heterocycles. The lowest BCUT2D eigenvalue weighted by atomic mass is 9.82. The summed E-state index contributed by atoms with van der Waals surface area (Å²) in [6.07, 6.45) is 8.07. The number of carbonyl (C=O) groups excluding carboxylic acids is 1. The molecule has 106 valence electrons. The normalized spacial score (nSPS) is 32.2. The van der Waals surface area contributed by atoms with Gasteiger partial charge in [0.25, 0.3) is 0 Å². The van der Waals surface area contributed by atoms with E-state index >= 15 is 0 Å². The topological polar surface area (TPSA) is 95.1 Å². The Morgan fingerprint density at radius 1 is 1.40 bits per heavy atom. The molecule has 20 heavy (non-hydrogen) atoms. The van der Waals surface area contributed by atoms with E-state index in [1.54, 1.807) is 12.4 Å². The molecular formula is C14H17N3O3. The van der Waals surface area contributed by atoms with E-state index in [-0.39, 0.29) is 23.8 Å². The summed E-state index contributed by atoms with van der Waals surface area (Å²) in [4.78, 5) is 23.8. The van der Waals surface area contributed by atoms with Crippen LogP contribution in [-0.4, -0.2) is 27.2 Å². The van der Waals surface area contributed by atoms with Crippen LogP contribution < -0.4 is 5.32 Å². The number of nitrogens with zero attached hydrogens (tertiary/aromatic N) is 1. The van der Waals surface area contributed by atoms with Crippen LogP contribution in [0, 0.1) is 23.7 Å². The van der Waals surface area contributed by atoms with Crippen molar-refractivity contribution < 1.29 is 14.7 Å². The lowest BCUT2D eigenvalue weighted by molar-refractivity contribution is -0.148. The number of hydrogen-bond donors (Lipinski definition) is 3. The van der Waals surface area contributed by atoms with E-state index in [1.807, 2.05) is 19.1 Å². The molecule has 1 amide bonds. The first-order chi connectivity index (χ1) is 9.58. The Hall–Kier alpha value is -2.11. The number of carboxylic acids is 1. The zero-order chi connectivity index (χ0) is 14.3. The minimum absolute atomic E-state index is 0.00233. The van der Waals surface area contributed by atoms with E-state index in [0.29, 0.717) is 0 Å². The highest BCUT2D eigenvalue weighted by molar-refractivity contribution is 5.87. The quantitative estimate of drug-likeness (QED) is 0.717. The molecule has 6 nitrogen and oxygen atoms in total. The summed E-state index contributed by atoms with van der Waals surface area (Å²) in [6, 6.07) is -0.182. The van der Waals surface area contributed by atoms with Gasteiger partial charge in [-0.15, -0.1) is 0 Å². The lowest BCUT2D eigenvalue weighted by Crippen LogP contribution is -2.41. The van der Waals surface area contributed by atoms with Crippen LogP contribution in [0.1, 0.15) is 24.9 Å². The van der Waals surface area contributed by atoms with E-state index in [0.717, 1.165) is 12.0 Å². The number of fused-ring (bicyclic) bond motifs is 2. The number of allylic oxidation sites excluding steroid dienone is 2. The third-order valence-corrected chi connectivity index (χ3v) is 4.43. The minimum Gasteiger partial charge on any atom is -0.481 e. The number of hydrogen-bond acceptors (Lipinski definition) is 3. The van der Waals surface area contributed by atoms with Crippen molar-refractivity contribution >= 4 is 11.9 Å². The van der Waals surface area contributed by atoms with Gasteiger partial charge in [0.05, 0.1) is 24.1 Å². The van der Waals surface area contributed by atoms with Gasteiger partial charge in [0.15, 0.2) is 0 Å². The molecule has 6 heteroatoms. The van der Waals surface area contributed by atoms with Crippen LogP contribution in [0.3, 0.4) is 0 Å². The monoisotopic (exact) mass is 275 g/mol. The zero-order valence-corrected chi connectivity index (χ0v) is 11.1. The number of aromatic amines is 1. The van der Waals surface area contributed by atoms with Gasteiger partial charge in [-0.25, -0.2) is 0 Å². The van der Waals surface area contributed by atoms with Gasteiger partial charge in [0.2, 0.25) is 5.91 Å². The van der Waals surface area contributed by atoms with Crippen molar-refractivity contribution in [3.8, 4) is 0 Å². The van der Waals surface area contributed by atoms with Crippen molar-refractivity contribution in [1.82, 2.24) is 15.5 Å². The summed E-state index contributed by atoms with van der Waals surface area (Å²) in [6.45, 7) is 1.86. The van der Waals surface area contributed by atoms with Gasteiger partial charge >= 0.3 is 5.97 Å². The number of rotatable bonds is 4. The van der Waals surface area contributed by atoms with Crippen molar-refractivity contribution in [3.63, 3.8) is 0 Å². The van der Waals surface area contributed by atoms with Crippen LogP contribution in [-0.2, 0) is 9.59 Å². The standard InChI is InChI=1S/C14H17N3O3/c1-7(10-5-15-16-6-10)17-13(18)11-8-2-3-9(4-8)12(11)14(19)20/h2-3,5-9,11-12H,4H2,1H3,(H,15,16)(H,17,18)(H,19,20). The van der Waals surface area contributed by atoms with E-state index in [4.69, 9.17) is 0 Å². The van der Waals surface area contributed by atoms with Crippen molar-refractivity contribution in [1.29, 1.82) is 0 Å². The predicted molar refractivity (Wildman–Crippen MR) is 70.5 cm³/mol. The van der Waals surface area contributed by atoms with E-state index in [9.17, 15) is 14.7 Å². The summed E-state index contributed by atoms with van der Waals surface area (Å²) < 4.78 is 0. The van der Waals surface area contributed by atoms with E-state index in [2.05, 4.69) is 15.5 Å². The third-order valence-electron chi connectivity index (χ3n) is 4.43. The van der Waals surface area contributed by atoms with Crippen molar-refractivity contribution in [3.05, 3.63) is 30.1 Å². The maximum atomic E-state index is 12.4. The fourth-order valence-corrected chi connectivity index (χ4v) is 3.41. The van der Waals surface area contributed by atoms with Gasteiger partial charge in [0, 0.05) is 11.8 Å². The molecule has 2 aliphatic rings. The molecule has 0 radical (unpaired) electrons. The largest absolute Gasteiger partial charge is 0.481 e. The molecule has 3 N–H and O–H groups in total. The van der Waals surface area contributed by atoms with Crippen LogP contribution in [0.15, 0.2) is 24.5 Å². The van der Waals surface area contributed by atoms with Crippen molar-refractivity contribution in [2.24, 2.45) is 23.7 Å². The highest BCUT2D eigenvalue weighted by Crippen LogP contribution is 2.48. The Kier molecular flexibility index (Phi) is 3.08. The van der Waals surface area contributed by atoms with Gasteiger partial charge in [-0.1, -0.05) is 12.2 Å². The second-order valence-electron chi connectivity index (χ2n) is 5.60. The molecule has 5 atom stereocenters. The molecule has 3 rings (SSSR count). The van der Waals surface area contributed by atoms with Gasteiger partial charge < -0.3 is 10.4 Å². The number of carbonyl (C=O) groups is 2. The first-order valence-corrected chi connectivity index (χ1v) is 6.78. The first-order valence-electron chi connectivity index (χ1n) is 6.78. The average Bonchev–Trinajstić information content (AvgIpc) is 3.13. The summed E-state index contributed by atoms with van der Waals surface area (Å²) >= 11 is 0. The fraction of sp³-hybridized carbons (Fsp3) is 0.500. The van der Waals surface area contributed by atoms with Crippen LogP contribution in [0.25, 0.3) is 0 Å². The maximum absolute atomic E-state index is 12.4. The van der Waals surface area contributed by atoms with Gasteiger partial charge in [-0.05, 0) is 25.2 Å². The number of H-pyrrole nitrogens is 1. The SMILES string of the molecule is CC(NC(=O)C1C2C=CC(C2)C1C(=O)O)c1cn[nH]c1. The molecule has 2 bridgehead atoms. The first kappa shape index (κ1) is 12.9. The molecule has 0 saturated heterocycles. The molecule has 1 saturated carbocycles. The zero-order valence-electron chi connectivity index (χ0n) is 11.1. The molecule has 1 aromatic rings. The van der Waals surface area contributed by atoms with Crippen LogP contribution in [0.4, 0.5) is 0 Å². The number of amides is 1. The highest BCUT2D eigenvalue weighted by atomic mass is 16.4. The Balaban J connectivity index is 1.73. The molecule has 0 spiro atoms. The molecule has 1 aromatic heterocycles. The Morgan fingerprint density at radius 3 is 2.70 bits per heavy atom. The molecule has 1 fully saturated rings. The number of aromatic nitrogens is 2. The minimum atomic E-state index is -0.877. The summed E-state index contributed by atoms with van der Waals surface area (Å²) in [5.74, 6) is -2.06.